The Kier molecular flexibility index (Phi) is 7.87. The van der Waals surface area contributed by atoms with Crippen LogP contribution in [-0.2, 0) is 14.9 Å². The highest BCUT2D eigenvalue weighted by atomic mass is 16.7. The molecule has 0 radical (unpaired) electrons. The van der Waals surface area contributed by atoms with Crippen molar-refractivity contribution in [1.29, 1.82) is 0 Å². The molecule has 6 aromatic rings. The van der Waals surface area contributed by atoms with Crippen LogP contribution in [0.5, 0.6) is 0 Å². The molecule has 2 aliphatic carbocycles. The predicted molar refractivity (Wildman–Crippen MR) is 195 cm³/mol. The van der Waals surface area contributed by atoms with Gasteiger partial charge in [-0.2, -0.15) is 0 Å². The van der Waals surface area contributed by atoms with E-state index in [0.717, 1.165) is 33.1 Å². The van der Waals surface area contributed by atoms with Crippen LogP contribution < -0.4 is 0 Å². The van der Waals surface area contributed by atoms with E-state index in [1.54, 1.807) is 0 Å². The van der Waals surface area contributed by atoms with E-state index in [1.165, 1.54) is 32.7 Å². The standard InChI is InChI=1S/C44H36O4/c45-26-28-47-44(48-29-27-46)25-22-34-30-43(40-20-8-14-32-11-2-5-17-36(32)40,41-21-9-15-33-12-3-6-18-37(33)41)24-23-38(34)42(44)39-19-7-13-31-10-1-4-16-35(31)39/h1-25,30,45-46H,26-29H2. The van der Waals surface area contributed by atoms with Gasteiger partial charge in [-0.3, -0.25) is 0 Å². The monoisotopic (exact) mass is 628 g/mol. The summed E-state index contributed by atoms with van der Waals surface area (Å²) in [6.45, 7) is -0.202. The Morgan fingerprint density at radius 3 is 1.58 bits per heavy atom. The zero-order valence-electron chi connectivity index (χ0n) is 26.6. The fourth-order valence-corrected chi connectivity index (χ4v) is 7.62. The summed E-state index contributed by atoms with van der Waals surface area (Å²) < 4.78 is 12.9. The molecule has 2 N–H and O–H groups in total. The van der Waals surface area contributed by atoms with E-state index in [0.29, 0.717) is 0 Å². The van der Waals surface area contributed by atoms with Crippen LogP contribution in [0.25, 0.3) is 37.9 Å². The minimum atomic E-state index is -1.33. The Hall–Kier alpha value is -5.10. The highest BCUT2D eigenvalue weighted by Crippen LogP contribution is 2.51. The molecule has 0 fully saturated rings. The molecule has 0 unspecified atom stereocenters. The number of fused-ring (bicyclic) bond motifs is 4. The highest BCUT2D eigenvalue weighted by molar-refractivity contribution is 6.00. The van der Waals surface area contributed by atoms with Crippen molar-refractivity contribution in [2.45, 2.75) is 11.2 Å². The summed E-state index contributed by atoms with van der Waals surface area (Å²) >= 11 is 0. The molecule has 2 aliphatic rings. The number of allylic oxidation sites excluding steroid dienone is 6. The van der Waals surface area contributed by atoms with Crippen molar-refractivity contribution in [2.24, 2.45) is 0 Å². The average Bonchev–Trinajstić information content (AvgIpc) is 3.15. The van der Waals surface area contributed by atoms with Gasteiger partial charge in [0.15, 0.2) is 0 Å². The summed E-state index contributed by atoms with van der Waals surface area (Å²) in [7, 11) is 0. The van der Waals surface area contributed by atoms with E-state index in [2.05, 4.69) is 140 Å². The number of hydrogen-bond acceptors (Lipinski definition) is 4. The van der Waals surface area contributed by atoms with Gasteiger partial charge in [-0.05, 0) is 66.2 Å². The molecule has 0 saturated heterocycles. The maximum Gasteiger partial charge on any atom is 0.216 e. The van der Waals surface area contributed by atoms with Gasteiger partial charge in [0.2, 0.25) is 5.79 Å². The van der Waals surface area contributed by atoms with Crippen LogP contribution in [0.2, 0.25) is 0 Å². The quantitative estimate of drug-likeness (QED) is 0.157. The van der Waals surface area contributed by atoms with Crippen LogP contribution in [0, 0.1) is 0 Å². The fourth-order valence-electron chi connectivity index (χ4n) is 7.62. The van der Waals surface area contributed by atoms with Gasteiger partial charge in [-0.25, -0.2) is 0 Å². The Bertz CT molecular complexity index is 2190. The lowest BCUT2D eigenvalue weighted by Crippen LogP contribution is -2.40. The van der Waals surface area contributed by atoms with E-state index in [-0.39, 0.29) is 26.4 Å². The largest absolute Gasteiger partial charge is 0.394 e. The first-order valence-electron chi connectivity index (χ1n) is 16.5. The number of hydrogen-bond donors (Lipinski definition) is 2. The SMILES string of the molecule is OCCOC1(OCCO)C=CC2=CC(c3cccc4ccccc34)(c3cccc4ccccc34)C=CC2=C1c1cccc2ccccc12. The van der Waals surface area contributed by atoms with Gasteiger partial charge < -0.3 is 19.7 Å². The fraction of sp³-hybridized carbons (Fsp3) is 0.136. The van der Waals surface area contributed by atoms with E-state index in [1.807, 2.05) is 18.2 Å². The first-order valence-corrected chi connectivity index (χ1v) is 16.5. The molecule has 4 nitrogen and oxygen atoms in total. The van der Waals surface area contributed by atoms with Crippen LogP contribution in [0.3, 0.4) is 0 Å². The van der Waals surface area contributed by atoms with Gasteiger partial charge in [0.05, 0.1) is 31.8 Å². The highest BCUT2D eigenvalue weighted by Gasteiger charge is 2.43. The second kappa shape index (κ2) is 12.5. The number of aliphatic hydroxyl groups excluding tert-OH is 2. The van der Waals surface area contributed by atoms with Gasteiger partial charge in [0.25, 0.3) is 0 Å². The number of aliphatic hydroxyl groups is 2. The average molecular weight is 629 g/mol. The van der Waals surface area contributed by atoms with Gasteiger partial charge in [0, 0.05) is 5.57 Å². The van der Waals surface area contributed by atoms with Gasteiger partial charge in [0.1, 0.15) is 0 Å². The van der Waals surface area contributed by atoms with Crippen LogP contribution in [0.1, 0.15) is 16.7 Å². The maximum atomic E-state index is 9.90. The van der Waals surface area contributed by atoms with Crippen LogP contribution in [0.4, 0.5) is 0 Å². The molecule has 0 aromatic heterocycles. The van der Waals surface area contributed by atoms with Crippen molar-refractivity contribution in [1.82, 2.24) is 0 Å². The van der Waals surface area contributed by atoms with Crippen molar-refractivity contribution < 1.29 is 19.7 Å². The summed E-state index contributed by atoms with van der Waals surface area (Å²) in [4.78, 5) is 0. The van der Waals surface area contributed by atoms with Crippen molar-refractivity contribution in [2.75, 3.05) is 26.4 Å². The summed E-state index contributed by atoms with van der Waals surface area (Å²) in [6, 6.07) is 44.9. The molecule has 0 amide bonds. The molecule has 0 spiro atoms. The topological polar surface area (TPSA) is 58.9 Å². The molecule has 0 saturated carbocycles. The van der Waals surface area contributed by atoms with Crippen molar-refractivity contribution in [3.05, 3.63) is 186 Å². The van der Waals surface area contributed by atoms with Gasteiger partial charge in [-0.1, -0.05) is 152 Å². The maximum absolute atomic E-state index is 9.90. The third-order valence-corrected chi connectivity index (χ3v) is 9.65. The van der Waals surface area contributed by atoms with E-state index < -0.39 is 11.2 Å². The summed E-state index contributed by atoms with van der Waals surface area (Å²) in [5.74, 6) is -1.33. The lowest BCUT2D eigenvalue weighted by Gasteiger charge is -2.41. The summed E-state index contributed by atoms with van der Waals surface area (Å²) in [6.07, 6.45) is 10.9. The second-order valence-electron chi connectivity index (χ2n) is 12.3. The molecular weight excluding hydrogens is 592 g/mol. The Morgan fingerprint density at radius 2 is 1.00 bits per heavy atom. The van der Waals surface area contributed by atoms with Crippen LogP contribution in [-0.4, -0.2) is 42.4 Å². The van der Waals surface area contributed by atoms with Crippen molar-refractivity contribution in [3.8, 4) is 0 Å². The number of ether oxygens (including phenoxy) is 2. The lowest BCUT2D eigenvalue weighted by molar-refractivity contribution is -0.173. The molecule has 48 heavy (non-hydrogen) atoms. The normalized spacial score (nSPS) is 16.4. The van der Waals surface area contributed by atoms with E-state index in [9.17, 15) is 10.2 Å². The lowest BCUT2D eigenvalue weighted by atomic mass is 9.66. The minimum Gasteiger partial charge on any atom is -0.394 e. The molecule has 6 aromatic carbocycles. The van der Waals surface area contributed by atoms with Gasteiger partial charge in [-0.15, -0.1) is 0 Å². The predicted octanol–water partition coefficient (Wildman–Crippen LogP) is 8.67. The van der Waals surface area contributed by atoms with Crippen molar-refractivity contribution in [3.63, 3.8) is 0 Å². The van der Waals surface area contributed by atoms with Crippen LogP contribution in [0.15, 0.2) is 169 Å². The zero-order valence-corrected chi connectivity index (χ0v) is 26.6. The Labute approximate surface area is 280 Å². The smallest absolute Gasteiger partial charge is 0.216 e. The molecule has 0 heterocycles. The molecule has 0 atom stereocenters. The van der Waals surface area contributed by atoms with E-state index >= 15 is 0 Å². The molecular formula is C44H36O4. The second-order valence-corrected chi connectivity index (χ2v) is 12.3. The minimum absolute atomic E-state index is 0.0655. The Balaban J connectivity index is 1.45. The third-order valence-electron chi connectivity index (χ3n) is 9.65. The molecule has 236 valence electrons. The summed E-state index contributed by atoms with van der Waals surface area (Å²) in [5, 5.41) is 26.7. The van der Waals surface area contributed by atoms with Crippen molar-refractivity contribution >= 4 is 37.9 Å². The Morgan fingerprint density at radius 1 is 0.500 bits per heavy atom. The van der Waals surface area contributed by atoms with Crippen LogP contribution >= 0.6 is 0 Å². The first kappa shape index (κ1) is 30.2. The third kappa shape index (κ3) is 4.93. The molecule has 0 bridgehead atoms. The molecule has 0 aliphatic heterocycles. The first-order chi connectivity index (χ1) is 23.7. The summed E-state index contributed by atoms with van der Waals surface area (Å²) in [5.41, 5.74) is 5.62. The zero-order chi connectivity index (χ0) is 32.6. The molecule has 8 rings (SSSR count). The number of rotatable bonds is 9. The molecule has 4 heteroatoms. The number of benzene rings is 6. The van der Waals surface area contributed by atoms with E-state index in [4.69, 9.17) is 9.47 Å². The van der Waals surface area contributed by atoms with Gasteiger partial charge >= 0.3 is 0 Å².